The average molecular weight is 226 g/mol. The van der Waals surface area contributed by atoms with Crippen molar-refractivity contribution in [3.05, 3.63) is 23.3 Å². The molecule has 0 radical (unpaired) electrons. The second-order valence-electron chi connectivity index (χ2n) is 4.13. The van der Waals surface area contributed by atoms with Crippen LogP contribution in [-0.2, 0) is 0 Å². The first-order valence-electron chi connectivity index (χ1n) is 6.80. The second kappa shape index (κ2) is 14.5. The molecule has 0 heteroatoms. The van der Waals surface area contributed by atoms with Crippen LogP contribution in [0.2, 0.25) is 0 Å². The molecule has 0 N–H and O–H groups in total. The van der Waals surface area contributed by atoms with Crippen molar-refractivity contribution >= 4 is 0 Å². The fourth-order valence-electron chi connectivity index (χ4n) is 0.648. The molecule has 0 nitrogen and oxygen atoms in total. The van der Waals surface area contributed by atoms with Crippen LogP contribution in [0.1, 0.15) is 69.2 Å². The molecular formula is C16H34. The summed E-state index contributed by atoms with van der Waals surface area (Å²) in [4.78, 5) is 0. The molecule has 16 heavy (non-hydrogen) atoms. The quantitative estimate of drug-likeness (QED) is 0.499. The molecule has 0 bridgehead atoms. The van der Waals surface area contributed by atoms with Crippen molar-refractivity contribution in [2.24, 2.45) is 11.8 Å². The summed E-state index contributed by atoms with van der Waals surface area (Å²) in [5, 5.41) is 0. The number of hydrogen-bond acceptors (Lipinski definition) is 0. The SMILES string of the molecule is C/C(=C\C=C(/C)C(C)C)C(C)C.CC.CC. The van der Waals surface area contributed by atoms with Crippen LogP contribution < -0.4 is 0 Å². The highest BCUT2D eigenvalue weighted by molar-refractivity contribution is 5.17. The van der Waals surface area contributed by atoms with Crippen molar-refractivity contribution in [1.82, 2.24) is 0 Å². The highest BCUT2D eigenvalue weighted by Gasteiger charge is 1.96. The molecular weight excluding hydrogens is 192 g/mol. The number of hydrogen-bond donors (Lipinski definition) is 0. The van der Waals surface area contributed by atoms with Gasteiger partial charge in [-0.05, 0) is 25.7 Å². The van der Waals surface area contributed by atoms with Gasteiger partial charge in [-0.1, -0.05) is 78.7 Å². The Morgan fingerprint density at radius 2 is 0.812 bits per heavy atom. The van der Waals surface area contributed by atoms with Gasteiger partial charge in [-0.15, -0.1) is 0 Å². The van der Waals surface area contributed by atoms with Gasteiger partial charge >= 0.3 is 0 Å². The van der Waals surface area contributed by atoms with Crippen molar-refractivity contribution in [2.45, 2.75) is 69.2 Å². The van der Waals surface area contributed by atoms with Crippen LogP contribution in [0.25, 0.3) is 0 Å². The van der Waals surface area contributed by atoms with Gasteiger partial charge in [-0.25, -0.2) is 0 Å². The van der Waals surface area contributed by atoms with Crippen LogP contribution >= 0.6 is 0 Å². The molecule has 0 aliphatic heterocycles. The van der Waals surface area contributed by atoms with Crippen molar-refractivity contribution in [1.29, 1.82) is 0 Å². The minimum absolute atomic E-state index is 0.668. The number of allylic oxidation sites excluding steroid dienone is 4. The molecule has 98 valence electrons. The Bertz CT molecular complexity index is 158. The van der Waals surface area contributed by atoms with E-state index in [0.717, 1.165) is 0 Å². The van der Waals surface area contributed by atoms with Gasteiger partial charge < -0.3 is 0 Å². The molecule has 0 aromatic rings. The zero-order valence-corrected chi connectivity index (χ0v) is 13.3. The Hall–Kier alpha value is -0.520. The lowest BCUT2D eigenvalue weighted by Gasteiger charge is -2.05. The summed E-state index contributed by atoms with van der Waals surface area (Å²) in [6.45, 7) is 21.3. The van der Waals surface area contributed by atoms with E-state index in [2.05, 4.69) is 53.7 Å². The Labute approximate surface area is 105 Å². The first kappa shape index (κ1) is 20.8. The van der Waals surface area contributed by atoms with Crippen LogP contribution in [0.15, 0.2) is 23.3 Å². The maximum Gasteiger partial charge on any atom is -0.0260 e. The molecule has 0 aromatic carbocycles. The van der Waals surface area contributed by atoms with Gasteiger partial charge in [0.15, 0.2) is 0 Å². The van der Waals surface area contributed by atoms with E-state index in [1.807, 2.05) is 27.7 Å². The van der Waals surface area contributed by atoms with Gasteiger partial charge in [-0.3, -0.25) is 0 Å². The third-order valence-electron chi connectivity index (χ3n) is 2.43. The van der Waals surface area contributed by atoms with Gasteiger partial charge in [0.1, 0.15) is 0 Å². The van der Waals surface area contributed by atoms with E-state index in [-0.39, 0.29) is 0 Å². The molecule has 0 saturated carbocycles. The zero-order chi connectivity index (χ0) is 13.7. The maximum atomic E-state index is 2.24. The van der Waals surface area contributed by atoms with Gasteiger partial charge in [0.2, 0.25) is 0 Å². The van der Waals surface area contributed by atoms with Crippen molar-refractivity contribution in [2.75, 3.05) is 0 Å². The average Bonchev–Trinajstić information content (AvgIpc) is 2.30. The Morgan fingerprint density at radius 3 is 0.938 bits per heavy atom. The van der Waals surface area contributed by atoms with Gasteiger partial charge in [0.25, 0.3) is 0 Å². The summed E-state index contributed by atoms with van der Waals surface area (Å²) in [5.74, 6) is 1.34. The summed E-state index contributed by atoms with van der Waals surface area (Å²) >= 11 is 0. The van der Waals surface area contributed by atoms with E-state index in [9.17, 15) is 0 Å². The third kappa shape index (κ3) is 13.5. The van der Waals surface area contributed by atoms with Crippen LogP contribution in [0.5, 0.6) is 0 Å². The fraction of sp³-hybridized carbons (Fsp3) is 0.750. The third-order valence-corrected chi connectivity index (χ3v) is 2.43. The van der Waals surface area contributed by atoms with Crippen molar-refractivity contribution in [3.63, 3.8) is 0 Å². The van der Waals surface area contributed by atoms with E-state index in [1.165, 1.54) is 11.1 Å². The molecule has 0 saturated heterocycles. The smallest absolute Gasteiger partial charge is 0.0260 e. The van der Waals surface area contributed by atoms with E-state index in [1.54, 1.807) is 0 Å². The lowest BCUT2D eigenvalue weighted by Crippen LogP contribution is -1.90. The van der Waals surface area contributed by atoms with Crippen LogP contribution in [-0.4, -0.2) is 0 Å². The molecule has 0 aliphatic carbocycles. The van der Waals surface area contributed by atoms with E-state index in [4.69, 9.17) is 0 Å². The van der Waals surface area contributed by atoms with E-state index < -0.39 is 0 Å². The largest absolute Gasteiger partial charge is 0.0708 e. The standard InChI is InChI=1S/C12H22.2C2H6/c1-9(2)11(5)7-8-12(6)10(3)4;2*1-2/h7-10H,1-6H3;2*1-2H3/b11-7+,12-8+;;. The molecule has 0 heterocycles. The number of rotatable bonds is 3. The van der Waals surface area contributed by atoms with Gasteiger partial charge in [0, 0.05) is 0 Å². The lowest BCUT2D eigenvalue weighted by molar-refractivity contribution is 0.760. The molecule has 0 aromatic heterocycles. The summed E-state index contributed by atoms with van der Waals surface area (Å²) in [6, 6.07) is 0. The summed E-state index contributed by atoms with van der Waals surface area (Å²) in [5.41, 5.74) is 2.91. The summed E-state index contributed by atoms with van der Waals surface area (Å²) in [7, 11) is 0. The van der Waals surface area contributed by atoms with Crippen LogP contribution in [0.4, 0.5) is 0 Å². The molecule has 0 spiro atoms. The zero-order valence-electron chi connectivity index (χ0n) is 13.3. The molecule has 0 rings (SSSR count). The summed E-state index contributed by atoms with van der Waals surface area (Å²) < 4.78 is 0. The summed E-state index contributed by atoms with van der Waals surface area (Å²) in [6.07, 6.45) is 4.47. The molecule has 0 atom stereocenters. The Morgan fingerprint density at radius 1 is 0.625 bits per heavy atom. The minimum atomic E-state index is 0.668. The first-order chi connectivity index (χ1) is 7.45. The Kier molecular flexibility index (Phi) is 18.9. The molecule has 0 aliphatic rings. The predicted molar refractivity (Wildman–Crippen MR) is 79.9 cm³/mol. The highest BCUT2D eigenvalue weighted by Crippen LogP contribution is 2.12. The van der Waals surface area contributed by atoms with Crippen molar-refractivity contribution in [3.8, 4) is 0 Å². The molecule has 0 fully saturated rings. The fourth-order valence-corrected chi connectivity index (χ4v) is 0.648. The van der Waals surface area contributed by atoms with Gasteiger partial charge in [-0.2, -0.15) is 0 Å². The van der Waals surface area contributed by atoms with Crippen LogP contribution in [0.3, 0.4) is 0 Å². The normalized spacial score (nSPS) is 11.8. The predicted octanol–water partition coefficient (Wildman–Crippen LogP) is 6.24. The topological polar surface area (TPSA) is 0 Å². The van der Waals surface area contributed by atoms with Crippen molar-refractivity contribution < 1.29 is 0 Å². The van der Waals surface area contributed by atoms with Crippen LogP contribution in [0, 0.1) is 11.8 Å². The first-order valence-corrected chi connectivity index (χ1v) is 6.80. The van der Waals surface area contributed by atoms with Gasteiger partial charge in [0.05, 0.1) is 0 Å². The monoisotopic (exact) mass is 226 g/mol. The Balaban J connectivity index is -0.000000376. The minimum Gasteiger partial charge on any atom is -0.0708 e. The molecule has 0 amide bonds. The van der Waals surface area contributed by atoms with E-state index >= 15 is 0 Å². The highest BCUT2D eigenvalue weighted by atomic mass is 14.0. The second-order valence-corrected chi connectivity index (χ2v) is 4.13. The molecule has 0 unspecified atom stereocenters. The lowest BCUT2D eigenvalue weighted by atomic mass is 10.0. The van der Waals surface area contributed by atoms with E-state index in [0.29, 0.717) is 11.8 Å². The maximum absolute atomic E-state index is 2.24.